The minimum absolute atomic E-state index is 0.902. The largest absolute Gasteiger partial charge is 0.0917 e. The fourth-order valence-electron chi connectivity index (χ4n) is 5.17. The van der Waals surface area contributed by atoms with Gasteiger partial charge in [-0.25, -0.2) is 0 Å². The SMILES string of the molecule is C/C=C/CC[C@H]1CC[C@H](CCCCC2CCC(/C=C/CC)CC2)CC1. The predicted octanol–water partition coefficient (Wildman–Crippen LogP) is 8.48. The summed E-state index contributed by atoms with van der Waals surface area (Å²) in [4.78, 5) is 0. The number of allylic oxidation sites excluding steroid dienone is 4. The molecular formula is C25H44. The van der Waals surface area contributed by atoms with E-state index in [1.54, 1.807) is 0 Å². The number of hydrogen-bond donors (Lipinski definition) is 0. The van der Waals surface area contributed by atoms with Crippen molar-refractivity contribution >= 4 is 0 Å². The fourth-order valence-corrected chi connectivity index (χ4v) is 5.17. The second-order valence-corrected chi connectivity index (χ2v) is 8.93. The van der Waals surface area contributed by atoms with Crippen molar-refractivity contribution in [2.75, 3.05) is 0 Å². The van der Waals surface area contributed by atoms with E-state index in [1.165, 1.54) is 96.3 Å². The van der Waals surface area contributed by atoms with Gasteiger partial charge >= 0.3 is 0 Å². The molecule has 2 aliphatic carbocycles. The second kappa shape index (κ2) is 12.8. The van der Waals surface area contributed by atoms with Crippen LogP contribution in [0, 0.1) is 23.7 Å². The van der Waals surface area contributed by atoms with Gasteiger partial charge in [-0.3, -0.25) is 0 Å². The first-order valence-corrected chi connectivity index (χ1v) is 11.6. The molecule has 0 aromatic carbocycles. The van der Waals surface area contributed by atoms with E-state index in [4.69, 9.17) is 0 Å². The zero-order valence-electron chi connectivity index (χ0n) is 17.2. The van der Waals surface area contributed by atoms with Crippen LogP contribution in [0.25, 0.3) is 0 Å². The normalized spacial score (nSPS) is 31.1. The molecule has 0 heteroatoms. The minimum atomic E-state index is 0.902. The van der Waals surface area contributed by atoms with Gasteiger partial charge in [-0.15, -0.1) is 0 Å². The Balaban J connectivity index is 1.47. The average Bonchev–Trinajstić information content (AvgIpc) is 2.66. The van der Waals surface area contributed by atoms with Crippen molar-refractivity contribution in [2.24, 2.45) is 23.7 Å². The Morgan fingerprint density at radius 2 is 1.20 bits per heavy atom. The summed E-state index contributed by atoms with van der Waals surface area (Å²) in [6, 6.07) is 0. The maximum atomic E-state index is 2.49. The Labute approximate surface area is 158 Å². The Morgan fingerprint density at radius 3 is 1.72 bits per heavy atom. The topological polar surface area (TPSA) is 0 Å². The van der Waals surface area contributed by atoms with Gasteiger partial charge in [-0.05, 0) is 75.5 Å². The molecule has 0 aliphatic heterocycles. The molecule has 0 unspecified atom stereocenters. The first-order chi connectivity index (χ1) is 12.3. The molecule has 0 spiro atoms. The van der Waals surface area contributed by atoms with Crippen molar-refractivity contribution in [3.63, 3.8) is 0 Å². The molecule has 2 aliphatic rings. The zero-order chi connectivity index (χ0) is 17.7. The first kappa shape index (κ1) is 20.8. The Bertz CT molecular complexity index is 361. The zero-order valence-corrected chi connectivity index (χ0v) is 17.2. The van der Waals surface area contributed by atoms with Crippen LogP contribution < -0.4 is 0 Å². The maximum absolute atomic E-state index is 2.49. The summed E-state index contributed by atoms with van der Waals surface area (Å²) >= 11 is 0. The molecule has 2 fully saturated rings. The monoisotopic (exact) mass is 344 g/mol. The van der Waals surface area contributed by atoms with Crippen LogP contribution in [0.4, 0.5) is 0 Å². The fraction of sp³-hybridized carbons (Fsp3) is 0.840. The van der Waals surface area contributed by atoms with Crippen molar-refractivity contribution in [1.29, 1.82) is 0 Å². The van der Waals surface area contributed by atoms with Crippen molar-refractivity contribution in [1.82, 2.24) is 0 Å². The molecule has 25 heavy (non-hydrogen) atoms. The summed E-state index contributed by atoms with van der Waals surface area (Å²) in [7, 11) is 0. The lowest BCUT2D eigenvalue weighted by atomic mass is 9.77. The second-order valence-electron chi connectivity index (χ2n) is 8.93. The van der Waals surface area contributed by atoms with Gasteiger partial charge in [0.1, 0.15) is 0 Å². The molecule has 0 saturated heterocycles. The predicted molar refractivity (Wildman–Crippen MR) is 113 cm³/mol. The van der Waals surface area contributed by atoms with E-state index in [2.05, 4.69) is 38.2 Å². The molecule has 0 nitrogen and oxygen atoms in total. The summed E-state index contributed by atoms with van der Waals surface area (Å²) < 4.78 is 0. The third-order valence-corrected chi connectivity index (χ3v) is 6.95. The molecule has 2 saturated carbocycles. The van der Waals surface area contributed by atoms with E-state index in [-0.39, 0.29) is 0 Å². The van der Waals surface area contributed by atoms with Crippen molar-refractivity contribution < 1.29 is 0 Å². The summed E-state index contributed by atoms with van der Waals surface area (Å²) in [6.07, 6.45) is 31.4. The molecule has 0 radical (unpaired) electrons. The van der Waals surface area contributed by atoms with Gasteiger partial charge in [0.2, 0.25) is 0 Å². The highest BCUT2D eigenvalue weighted by Gasteiger charge is 2.21. The molecule has 0 N–H and O–H groups in total. The van der Waals surface area contributed by atoms with Crippen LogP contribution in [0.1, 0.15) is 110 Å². The van der Waals surface area contributed by atoms with Crippen LogP contribution in [-0.2, 0) is 0 Å². The van der Waals surface area contributed by atoms with Crippen molar-refractivity contribution in [3.05, 3.63) is 24.3 Å². The Kier molecular flexibility index (Phi) is 10.6. The molecule has 144 valence electrons. The molecule has 0 bridgehead atoms. The van der Waals surface area contributed by atoms with E-state index < -0.39 is 0 Å². The van der Waals surface area contributed by atoms with E-state index in [1.807, 2.05) is 0 Å². The quantitative estimate of drug-likeness (QED) is 0.275. The molecule has 0 atom stereocenters. The molecule has 0 aromatic rings. The van der Waals surface area contributed by atoms with E-state index in [9.17, 15) is 0 Å². The smallest absolute Gasteiger partial charge is 0.0233 e. The molecular weight excluding hydrogens is 300 g/mol. The highest BCUT2D eigenvalue weighted by Crippen LogP contribution is 2.36. The highest BCUT2D eigenvalue weighted by molar-refractivity contribution is 4.90. The summed E-state index contributed by atoms with van der Waals surface area (Å²) in [5.41, 5.74) is 0. The van der Waals surface area contributed by atoms with Crippen LogP contribution >= 0.6 is 0 Å². The summed E-state index contributed by atoms with van der Waals surface area (Å²) in [5, 5.41) is 0. The summed E-state index contributed by atoms with van der Waals surface area (Å²) in [5.74, 6) is 4.05. The number of unbranched alkanes of at least 4 members (excludes halogenated alkanes) is 1. The molecule has 0 heterocycles. The van der Waals surface area contributed by atoms with Gasteiger partial charge in [0.15, 0.2) is 0 Å². The average molecular weight is 345 g/mol. The van der Waals surface area contributed by atoms with E-state index in [0.29, 0.717) is 0 Å². The Morgan fingerprint density at radius 1 is 0.680 bits per heavy atom. The summed E-state index contributed by atoms with van der Waals surface area (Å²) in [6.45, 7) is 4.39. The van der Waals surface area contributed by atoms with Gasteiger partial charge in [0.25, 0.3) is 0 Å². The van der Waals surface area contributed by atoms with Gasteiger partial charge in [-0.1, -0.05) is 82.6 Å². The standard InChI is InChI=1S/C25H44/c1-3-5-7-11-23-18-20-25(21-19-23)13-9-8-12-24-16-14-22(15-17-24)10-6-4-2/h3,5-6,10,22-25H,4,7-9,11-21H2,1-2H3/b5-3+,10-6+/t22?,23-,24?,25-. The molecule has 2 rings (SSSR count). The van der Waals surface area contributed by atoms with Gasteiger partial charge in [-0.2, -0.15) is 0 Å². The van der Waals surface area contributed by atoms with Gasteiger partial charge in [0, 0.05) is 0 Å². The highest BCUT2D eigenvalue weighted by atomic mass is 14.3. The lowest BCUT2D eigenvalue weighted by molar-refractivity contribution is 0.243. The lowest BCUT2D eigenvalue weighted by Crippen LogP contribution is -2.15. The number of hydrogen-bond acceptors (Lipinski definition) is 0. The van der Waals surface area contributed by atoms with Crippen LogP contribution in [0.5, 0.6) is 0 Å². The van der Waals surface area contributed by atoms with Crippen LogP contribution in [0.15, 0.2) is 24.3 Å². The third kappa shape index (κ3) is 8.61. The van der Waals surface area contributed by atoms with Crippen LogP contribution in [0.3, 0.4) is 0 Å². The van der Waals surface area contributed by atoms with Gasteiger partial charge in [0.05, 0.1) is 0 Å². The minimum Gasteiger partial charge on any atom is -0.0917 e. The maximum Gasteiger partial charge on any atom is -0.0233 e. The number of rotatable bonds is 10. The van der Waals surface area contributed by atoms with Crippen molar-refractivity contribution in [2.45, 2.75) is 110 Å². The van der Waals surface area contributed by atoms with Crippen LogP contribution in [0.2, 0.25) is 0 Å². The molecule has 0 aromatic heterocycles. The van der Waals surface area contributed by atoms with Gasteiger partial charge < -0.3 is 0 Å². The van der Waals surface area contributed by atoms with E-state index >= 15 is 0 Å². The van der Waals surface area contributed by atoms with Crippen LogP contribution in [-0.4, -0.2) is 0 Å². The van der Waals surface area contributed by atoms with E-state index in [0.717, 1.165) is 23.7 Å². The first-order valence-electron chi connectivity index (χ1n) is 11.6. The third-order valence-electron chi connectivity index (χ3n) is 6.95. The molecule has 0 amide bonds. The Hall–Kier alpha value is -0.520. The lowest BCUT2D eigenvalue weighted by Gasteiger charge is -2.29. The van der Waals surface area contributed by atoms with Crippen molar-refractivity contribution in [3.8, 4) is 0 Å².